The van der Waals surface area contributed by atoms with Crippen LogP contribution in [0.15, 0.2) is 36.5 Å². The van der Waals surface area contributed by atoms with Crippen LogP contribution in [0.25, 0.3) is 0 Å². The van der Waals surface area contributed by atoms with Gasteiger partial charge in [0.1, 0.15) is 23.5 Å². The van der Waals surface area contributed by atoms with Crippen LogP contribution in [-0.4, -0.2) is 48.0 Å². The molecule has 1 aliphatic carbocycles. The molecule has 2 aromatic rings. The summed E-state index contributed by atoms with van der Waals surface area (Å²) >= 11 is 0. The fourth-order valence-electron chi connectivity index (χ4n) is 4.26. The van der Waals surface area contributed by atoms with Crippen molar-refractivity contribution in [2.24, 2.45) is 0 Å². The lowest BCUT2D eigenvalue weighted by Gasteiger charge is -2.33. The van der Waals surface area contributed by atoms with Gasteiger partial charge in [-0.15, -0.1) is 0 Å². The zero-order valence-corrected chi connectivity index (χ0v) is 21.4. The molecule has 3 rings (SSSR count). The summed E-state index contributed by atoms with van der Waals surface area (Å²) < 4.78 is 27.4. The number of anilines is 1. The lowest BCUT2D eigenvalue weighted by atomic mass is 10.0. The molecule has 190 valence electrons. The van der Waals surface area contributed by atoms with E-state index in [1.54, 1.807) is 12.3 Å². The number of rotatable bonds is 11. The van der Waals surface area contributed by atoms with Crippen LogP contribution < -0.4 is 10.2 Å². The van der Waals surface area contributed by atoms with Gasteiger partial charge in [-0.25, -0.2) is 13.8 Å². The summed E-state index contributed by atoms with van der Waals surface area (Å²) in [4.78, 5) is 21.2. The predicted octanol–water partition coefficient (Wildman–Crippen LogP) is 4.99. The first kappa shape index (κ1) is 28.2. The summed E-state index contributed by atoms with van der Waals surface area (Å²) in [6, 6.07) is 9.34. The first-order valence-corrected chi connectivity index (χ1v) is 12.4. The molecule has 6 nitrogen and oxygen atoms in total. The molecule has 8 heteroatoms. The van der Waals surface area contributed by atoms with Gasteiger partial charge in [0.05, 0.1) is 5.56 Å². The normalized spacial score (nSPS) is 14.2. The number of nitriles is 1. The van der Waals surface area contributed by atoms with Gasteiger partial charge < -0.3 is 15.1 Å². The molecule has 1 aliphatic rings. The second kappa shape index (κ2) is 13.1. The highest BCUT2D eigenvalue weighted by atomic mass is 19.1. The first-order valence-electron chi connectivity index (χ1n) is 12.4. The average molecular weight is 486 g/mol. The van der Waals surface area contributed by atoms with Gasteiger partial charge in [-0.2, -0.15) is 5.26 Å². The van der Waals surface area contributed by atoms with Crippen LogP contribution in [0.4, 0.5) is 14.6 Å². The fourth-order valence-corrected chi connectivity index (χ4v) is 4.26. The van der Waals surface area contributed by atoms with Crippen molar-refractivity contribution in [3.63, 3.8) is 0 Å². The molecule has 1 saturated carbocycles. The molecular weight excluding hydrogens is 448 g/mol. The molecule has 0 radical (unpaired) electrons. The Morgan fingerprint density at radius 2 is 1.91 bits per heavy atom. The number of aromatic nitrogens is 1. The molecule has 1 aromatic carbocycles. The molecule has 1 aromatic heterocycles. The van der Waals surface area contributed by atoms with Crippen molar-refractivity contribution >= 4 is 11.7 Å². The number of amides is 1. The lowest BCUT2D eigenvalue weighted by molar-refractivity contribution is -0.131. The molecule has 0 spiro atoms. The van der Waals surface area contributed by atoms with E-state index in [0.717, 1.165) is 31.3 Å². The predicted molar refractivity (Wildman–Crippen MR) is 135 cm³/mol. The number of carbonyl (C=O) groups is 1. The monoisotopic (exact) mass is 485 g/mol. The van der Waals surface area contributed by atoms with Crippen molar-refractivity contribution in [3.05, 3.63) is 59.3 Å². The van der Waals surface area contributed by atoms with Crippen molar-refractivity contribution in [3.8, 4) is 6.07 Å². The van der Waals surface area contributed by atoms with E-state index < -0.39 is 17.2 Å². The van der Waals surface area contributed by atoms with Gasteiger partial charge in [0.25, 0.3) is 0 Å². The minimum atomic E-state index is -0.590. The molecule has 0 aliphatic heterocycles. The van der Waals surface area contributed by atoms with Crippen molar-refractivity contribution in [1.82, 2.24) is 15.2 Å². The minimum absolute atomic E-state index is 0.0241. The largest absolute Gasteiger partial charge is 0.352 e. The third-order valence-electron chi connectivity index (χ3n) is 6.26. The van der Waals surface area contributed by atoms with Gasteiger partial charge in [-0.05, 0) is 51.8 Å². The fraction of sp³-hybridized carbons (Fsp3) is 0.519. The number of carbonyl (C=O) groups excluding carboxylic acids is 1. The standard InChI is InChI=1S/C25H31F2N5O.C2H6/c1-4-31(17-18(3)32(5-2)23-9-6-19(15-28)16-29-23)24(33)10-13-30-25(11-12-25)21-8-7-20(26)14-22(21)27;1-2/h6-9,14,16,18,30H,4-5,10-13,17H2,1-3H3;1-2H3. The number of nitrogens with one attached hydrogen (secondary N) is 1. The van der Waals surface area contributed by atoms with Crippen LogP contribution in [-0.2, 0) is 10.3 Å². The van der Waals surface area contributed by atoms with Crippen LogP contribution in [0.1, 0.15) is 65.0 Å². The zero-order chi connectivity index (χ0) is 26.0. The minimum Gasteiger partial charge on any atom is -0.352 e. The second-order valence-corrected chi connectivity index (χ2v) is 8.47. The van der Waals surface area contributed by atoms with Gasteiger partial charge in [0.15, 0.2) is 0 Å². The highest BCUT2D eigenvalue weighted by molar-refractivity contribution is 5.76. The van der Waals surface area contributed by atoms with Crippen molar-refractivity contribution in [2.45, 2.75) is 65.5 Å². The Morgan fingerprint density at radius 1 is 1.20 bits per heavy atom. The number of halogens is 2. The maximum atomic E-state index is 14.2. The molecule has 0 bridgehead atoms. The van der Waals surface area contributed by atoms with Gasteiger partial charge in [0, 0.05) is 62.0 Å². The molecule has 1 unspecified atom stereocenters. The van der Waals surface area contributed by atoms with Crippen LogP contribution >= 0.6 is 0 Å². The van der Waals surface area contributed by atoms with Gasteiger partial charge in [0.2, 0.25) is 5.91 Å². The summed E-state index contributed by atoms with van der Waals surface area (Å²) in [5.74, 6) is -0.346. The number of hydrogen-bond acceptors (Lipinski definition) is 5. The van der Waals surface area contributed by atoms with E-state index in [4.69, 9.17) is 5.26 Å². The summed E-state index contributed by atoms with van der Waals surface area (Å²) in [6.45, 7) is 12.3. The summed E-state index contributed by atoms with van der Waals surface area (Å²) in [5.41, 5.74) is 0.475. The Labute approximate surface area is 208 Å². The molecular formula is C27H37F2N5O. The average Bonchev–Trinajstić information content (AvgIpc) is 3.65. The second-order valence-electron chi connectivity index (χ2n) is 8.47. The van der Waals surface area contributed by atoms with Crippen molar-refractivity contribution in [2.75, 3.05) is 31.1 Å². The van der Waals surface area contributed by atoms with E-state index in [9.17, 15) is 13.6 Å². The summed E-state index contributed by atoms with van der Waals surface area (Å²) in [6.07, 6.45) is 3.38. The van der Waals surface area contributed by atoms with E-state index in [0.29, 0.717) is 37.2 Å². The smallest absolute Gasteiger partial charge is 0.223 e. The zero-order valence-electron chi connectivity index (χ0n) is 21.4. The SMILES string of the molecule is CC.CCN(CC(C)N(CC)c1ccc(C#N)cn1)C(=O)CCNC1(c2ccc(F)cc2F)CC1. The van der Waals surface area contributed by atoms with E-state index in [1.165, 1.54) is 12.1 Å². The van der Waals surface area contributed by atoms with Crippen LogP contribution in [0.2, 0.25) is 0 Å². The highest BCUT2D eigenvalue weighted by Gasteiger charge is 2.45. The Kier molecular flexibility index (Phi) is 10.6. The van der Waals surface area contributed by atoms with Crippen LogP contribution in [0, 0.1) is 23.0 Å². The third kappa shape index (κ3) is 7.22. The van der Waals surface area contributed by atoms with Gasteiger partial charge in [-0.3, -0.25) is 4.79 Å². The van der Waals surface area contributed by atoms with Gasteiger partial charge in [-0.1, -0.05) is 19.9 Å². The number of pyridine rings is 1. The molecule has 1 amide bonds. The quantitative estimate of drug-likeness (QED) is 0.486. The van der Waals surface area contributed by atoms with Crippen molar-refractivity contribution < 1.29 is 13.6 Å². The Morgan fingerprint density at radius 3 is 2.43 bits per heavy atom. The maximum Gasteiger partial charge on any atom is 0.223 e. The molecule has 0 saturated heterocycles. The summed E-state index contributed by atoms with van der Waals surface area (Å²) in [7, 11) is 0. The molecule has 1 fully saturated rings. The Bertz CT molecular complexity index is 1000. The van der Waals surface area contributed by atoms with Crippen LogP contribution in [0.3, 0.4) is 0 Å². The Balaban J connectivity index is 0.00000210. The number of nitrogens with zero attached hydrogens (tertiary/aromatic N) is 4. The third-order valence-corrected chi connectivity index (χ3v) is 6.26. The number of hydrogen-bond donors (Lipinski definition) is 1. The van der Waals surface area contributed by atoms with E-state index in [2.05, 4.69) is 21.3 Å². The van der Waals surface area contributed by atoms with E-state index in [-0.39, 0.29) is 11.9 Å². The number of benzene rings is 1. The van der Waals surface area contributed by atoms with Gasteiger partial charge >= 0.3 is 0 Å². The number of likely N-dealkylation sites (N-methyl/N-ethyl adjacent to an activating group) is 2. The first-order chi connectivity index (χ1) is 16.8. The topological polar surface area (TPSA) is 72.3 Å². The maximum absolute atomic E-state index is 14.2. The Hall–Kier alpha value is -3.05. The molecule has 1 heterocycles. The molecule has 1 atom stereocenters. The van der Waals surface area contributed by atoms with Crippen LogP contribution in [0.5, 0.6) is 0 Å². The molecule has 35 heavy (non-hydrogen) atoms. The lowest BCUT2D eigenvalue weighted by Crippen LogP contribution is -2.45. The summed E-state index contributed by atoms with van der Waals surface area (Å²) in [5, 5.41) is 12.3. The molecule has 1 N–H and O–H groups in total. The van der Waals surface area contributed by atoms with E-state index in [1.807, 2.05) is 45.6 Å². The van der Waals surface area contributed by atoms with E-state index >= 15 is 0 Å². The highest BCUT2D eigenvalue weighted by Crippen LogP contribution is 2.46. The van der Waals surface area contributed by atoms with Crippen molar-refractivity contribution in [1.29, 1.82) is 5.26 Å².